The Kier molecular flexibility index (Phi) is 6.69. The first kappa shape index (κ1) is 23.6. The van der Waals surface area contributed by atoms with Crippen LogP contribution in [0.4, 0.5) is 10.1 Å². The molecule has 11 heteroatoms. The highest BCUT2D eigenvalue weighted by Gasteiger charge is 2.39. The summed E-state index contributed by atoms with van der Waals surface area (Å²) < 4.78 is 41.4. The van der Waals surface area contributed by atoms with E-state index in [0.29, 0.717) is 18.4 Å². The Hall–Kier alpha value is -2.56. The van der Waals surface area contributed by atoms with Gasteiger partial charge < -0.3 is 4.90 Å². The van der Waals surface area contributed by atoms with Gasteiger partial charge in [0.25, 0.3) is 5.69 Å². The van der Waals surface area contributed by atoms with Gasteiger partial charge in [-0.15, -0.1) is 0 Å². The maximum Gasteiger partial charge on any atom is 0.289 e. The Morgan fingerprint density at radius 1 is 1.15 bits per heavy atom. The number of nitrogens with zero attached hydrogens (tertiary/aromatic N) is 3. The number of nitro groups is 1. The number of benzene rings is 2. The van der Waals surface area contributed by atoms with E-state index in [9.17, 15) is 27.7 Å². The molecule has 0 aromatic heterocycles. The van der Waals surface area contributed by atoms with Gasteiger partial charge in [-0.2, -0.15) is 4.31 Å². The van der Waals surface area contributed by atoms with Crippen LogP contribution in [0.25, 0.3) is 0 Å². The average Bonchev–Trinajstić information content (AvgIpc) is 3.63. The minimum atomic E-state index is -3.97. The molecule has 1 aliphatic carbocycles. The van der Waals surface area contributed by atoms with Crippen molar-refractivity contribution >= 4 is 33.2 Å². The fourth-order valence-electron chi connectivity index (χ4n) is 4.10. The van der Waals surface area contributed by atoms with E-state index in [0.717, 1.165) is 18.9 Å². The van der Waals surface area contributed by atoms with Gasteiger partial charge in [-0.3, -0.25) is 14.9 Å². The Morgan fingerprint density at radius 2 is 1.82 bits per heavy atom. The number of sulfonamides is 1. The summed E-state index contributed by atoms with van der Waals surface area (Å²) in [6, 6.07) is 9.86. The molecule has 33 heavy (non-hydrogen) atoms. The molecule has 0 radical (unpaired) electrons. The van der Waals surface area contributed by atoms with Crippen LogP contribution in [0.3, 0.4) is 0 Å². The van der Waals surface area contributed by atoms with E-state index in [1.165, 1.54) is 22.5 Å². The molecule has 0 unspecified atom stereocenters. The second-order valence-electron chi connectivity index (χ2n) is 8.34. The summed E-state index contributed by atoms with van der Waals surface area (Å²) in [5.41, 5.74) is -0.0156. The SMILES string of the molecule is O=C(C1CCN(S(=O)(=O)c2ccc(Cl)c([N+](=O)[O-])c2)CC1)N(Cc1ccccc1F)C1CC1. The van der Waals surface area contributed by atoms with Gasteiger partial charge in [0, 0.05) is 43.2 Å². The highest BCUT2D eigenvalue weighted by Crippen LogP contribution is 2.34. The summed E-state index contributed by atoms with van der Waals surface area (Å²) in [6.07, 6.45) is 2.41. The molecule has 1 aliphatic heterocycles. The number of piperidine rings is 1. The van der Waals surface area contributed by atoms with Crippen molar-refractivity contribution in [2.75, 3.05) is 13.1 Å². The van der Waals surface area contributed by atoms with Crippen molar-refractivity contribution in [3.63, 3.8) is 0 Å². The van der Waals surface area contributed by atoms with Crippen LogP contribution in [-0.2, 0) is 21.4 Å². The van der Waals surface area contributed by atoms with Crippen molar-refractivity contribution in [3.05, 3.63) is 69.0 Å². The summed E-state index contributed by atoms with van der Waals surface area (Å²) >= 11 is 5.79. The molecule has 0 N–H and O–H groups in total. The molecule has 176 valence electrons. The molecule has 1 saturated heterocycles. The van der Waals surface area contributed by atoms with Crippen LogP contribution in [0.15, 0.2) is 47.4 Å². The molecule has 0 atom stereocenters. The third-order valence-corrected chi connectivity index (χ3v) is 8.34. The maximum absolute atomic E-state index is 14.1. The topological polar surface area (TPSA) is 101 Å². The summed E-state index contributed by atoms with van der Waals surface area (Å²) in [4.78, 5) is 25.1. The number of hydrogen-bond donors (Lipinski definition) is 0. The van der Waals surface area contributed by atoms with Gasteiger partial charge in [0.2, 0.25) is 15.9 Å². The largest absolute Gasteiger partial charge is 0.335 e. The smallest absolute Gasteiger partial charge is 0.289 e. The Balaban J connectivity index is 1.44. The minimum absolute atomic E-state index is 0.0834. The lowest BCUT2D eigenvalue weighted by atomic mass is 9.96. The molecule has 1 amide bonds. The van der Waals surface area contributed by atoms with E-state index in [4.69, 9.17) is 11.6 Å². The van der Waals surface area contributed by atoms with Crippen molar-refractivity contribution in [1.82, 2.24) is 9.21 Å². The predicted molar refractivity (Wildman–Crippen MR) is 120 cm³/mol. The fraction of sp³-hybridized carbons (Fsp3) is 0.409. The van der Waals surface area contributed by atoms with Crippen LogP contribution >= 0.6 is 11.6 Å². The first-order chi connectivity index (χ1) is 15.7. The quantitative estimate of drug-likeness (QED) is 0.427. The van der Waals surface area contributed by atoms with Crippen molar-refractivity contribution in [1.29, 1.82) is 0 Å². The van der Waals surface area contributed by atoms with Crippen LogP contribution in [0.5, 0.6) is 0 Å². The van der Waals surface area contributed by atoms with Crippen LogP contribution in [0, 0.1) is 21.8 Å². The second kappa shape index (κ2) is 9.36. The molecular formula is C22H23ClFN3O5S. The van der Waals surface area contributed by atoms with E-state index in [1.807, 2.05) is 0 Å². The summed E-state index contributed by atoms with van der Waals surface area (Å²) in [6.45, 7) is 0.434. The van der Waals surface area contributed by atoms with Crippen molar-refractivity contribution < 1.29 is 22.5 Å². The summed E-state index contributed by atoms with van der Waals surface area (Å²) in [5.74, 6) is -0.794. The van der Waals surface area contributed by atoms with Gasteiger partial charge in [-0.25, -0.2) is 12.8 Å². The normalized spacial score (nSPS) is 17.6. The molecule has 2 aliphatic rings. The molecular weight excluding hydrogens is 473 g/mol. The van der Waals surface area contributed by atoms with E-state index in [2.05, 4.69) is 0 Å². The molecule has 0 spiro atoms. The number of nitro benzene ring substituents is 1. The number of carbonyl (C=O) groups is 1. The molecule has 8 nitrogen and oxygen atoms in total. The molecule has 4 rings (SSSR count). The lowest BCUT2D eigenvalue weighted by Gasteiger charge is -2.34. The van der Waals surface area contributed by atoms with Crippen LogP contribution in [0.2, 0.25) is 5.02 Å². The third-order valence-electron chi connectivity index (χ3n) is 6.12. The van der Waals surface area contributed by atoms with Gasteiger partial charge in [0.1, 0.15) is 10.8 Å². The number of hydrogen-bond acceptors (Lipinski definition) is 5. The Bertz CT molecular complexity index is 1180. The molecule has 1 saturated carbocycles. The van der Waals surface area contributed by atoms with E-state index in [1.54, 1.807) is 23.1 Å². The van der Waals surface area contributed by atoms with Gasteiger partial charge >= 0.3 is 0 Å². The highest BCUT2D eigenvalue weighted by atomic mass is 35.5. The molecule has 2 aromatic carbocycles. The molecule has 1 heterocycles. The van der Waals surface area contributed by atoms with E-state index >= 15 is 0 Å². The third kappa shape index (κ3) is 5.02. The Morgan fingerprint density at radius 3 is 2.42 bits per heavy atom. The number of carbonyl (C=O) groups excluding carboxylic acids is 1. The van der Waals surface area contributed by atoms with E-state index in [-0.39, 0.29) is 53.2 Å². The number of amides is 1. The van der Waals surface area contributed by atoms with Crippen LogP contribution < -0.4 is 0 Å². The number of halogens is 2. The van der Waals surface area contributed by atoms with Gasteiger partial charge in [0.05, 0.1) is 9.82 Å². The van der Waals surface area contributed by atoms with Crippen molar-refractivity contribution in [2.45, 2.75) is 43.2 Å². The van der Waals surface area contributed by atoms with Crippen LogP contribution in [0.1, 0.15) is 31.2 Å². The molecule has 0 bridgehead atoms. The van der Waals surface area contributed by atoms with Gasteiger partial charge in [0.15, 0.2) is 0 Å². The monoisotopic (exact) mass is 495 g/mol. The van der Waals surface area contributed by atoms with Crippen LogP contribution in [-0.4, -0.2) is 47.6 Å². The Labute approximate surface area is 196 Å². The molecule has 2 fully saturated rings. The fourth-order valence-corrected chi connectivity index (χ4v) is 5.78. The van der Waals surface area contributed by atoms with Gasteiger partial charge in [-0.05, 0) is 43.9 Å². The predicted octanol–water partition coefficient (Wildman–Crippen LogP) is 3.98. The maximum atomic E-state index is 14.1. The number of rotatable bonds is 7. The van der Waals surface area contributed by atoms with Crippen molar-refractivity contribution in [2.24, 2.45) is 5.92 Å². The first-order valence-corrected chi connectivity index (χ1v) is 12.5. The highest BCUT2D eigenvalue weighted by molar-refractivity contribution is 7.89. The lowest BCUT2D eigenvalue weighted by Crippen LogP contribution is -2.44. The average molecular weight is 496 g/mol. The zero-order valence-electron chi connectivity index (χ0n) is 17.7. The van der Waals surface area contributed by atoms with Crippen molar-refractivity contribution in [3.8, 4) is 0 Å². The van der Waals surface area contributed by atoms with Gasteiger partial charge in [-0.1, -0.05) is 29.8 Å². The standard InChI is InChI=1S/C22H23ClFN3O5S/c23-19-8-7-18(13-21(19)27(29)30)33(31,32)25-11-9-15(10-12-25)22(28)26(17-5-6-17)14-16-3-1-2-4-20(16)24/h1-4,7-8,13,15,17H,5-6,9-12,14H2. The zero-order chi connectivity index (χ0) is 23.8. The lowest BCUT2D eigenvalue weighted by molar-refractivity contribution is -0.384. The van der Waals surface area contributed by atoms with E-state index < -0.39 is 20.6 Å². The first-order valence-electron chi connectivity index (χ1n) is 10.7. The summed E-state index contributed by atoms with van der Waals surface area (Å²) in [5, 5.41) is 11.0. The molecule has 2 aromatic rings. The minimum Gasteiger partial charge on any atom is -0.335 e. The zero-order valence-corrected chi connectivity index (χ0v) is 19.3. The summed E-state index contributed by atoms with van der Waals surface area (Å²) in [7, 11) is -3.97. The second-order valence-corrected chi connectivity index (χ2v) is 10.7.